The van der Waals surface area contributed by atoms with Crippen LogP contribution in [0.5, 0.6) is 0 Å². The summed E-state index contributed by atoms with van der Waals surface area (Å²) in [6.07, 6.45) is 3.24. The summed E-state index contributed by atoms with van der Waals surface area (Å²) < 4.78 is 5.69. The Morgan fingerprint density at radius 3 is 2.50 bits per heavy atom. The van der Waals surface area contributed by atoms with Crippen molar-refractivity contribution >= 4 is 6.09 Å². The van der Waals surface area contributed by atoms with E-state index in [1.54, 1.807) is 0 Å². The Hall–Kier alpha value is -1.55. The van der Waals surface area contributed by atoms with E-state index in [4.69, 9.17) is 4.74 Å². The summed E-state index contributed by atoms with van der Waals surface area (Å²) in [4.78, 5) is 17.3. The first-order chi connectivity index (χ1) is 12.3. The van der Waals surface area contributed by atoms with Gasteiger partial charge in [0.25, 0.3) is 0 Å². The summed E-state index contributed by atoms with van der Waals surface area (Å²) in [5.41, 5.74) is 0.948. The lowest BCUT2D eigenvalue weighted by molar-refractivity contribution is 0.00642. The van der Waals surface area contributed by atoms with Crippen LogP contribution in [0.3, 0.4) is 0 Å². The molecular formula is C22H34N2O2. The van der Waals surface area contributed by atoms with Crippen molar-refractivity contribution < 1.29 is 9.53 Å². The molecule has 0 aromatic heterocycles. The van der Waals surface area contributed by atoms with Gasteiger partial charge in [-0.25, -0.2) is 4.79 Å². The van der Waals surface area contributed by atoms with Crippen LogP contribution in [0.15, 0.2) is 30.3 Å². The Balaban J connectivity index is 1.68. The molecule has 1 aliphatic carbocycles. The molecule has 26 heavy (non-hydrogen) atoms. The Kier molecular flexibility index (Phi) is 5.34. The van der Waals surface area contributed by atoms with Crippen LogP contribution in [0.2, 0.25) is 0 Å². The summed E-state index contributed by atoms with van der Waals surface area (Å²) in [7, 11) is 0. The zero-order chi connectivity index (χ0) is 18.9. The molecule has 1 saturated carbocycles. The lowest BCUT2D eigenvalue weighted by Gasteiger charge is -2.37. The SMILES string of the molecule is CCN(C(=O)OC(C)(C)C)C1(C2CCN(C(C)c3ccccc3)C2)CC1. The monoisotopic (exact) mass is 358 g/mol. The molecule has 4 nitrogen and oxygen atoms in total. The fourth-order valence-corrected chi connectivity index (χ4v) is 4.49. The first-order valence-electron chi connectivity index (χ1n) is 10.1. The molecule has 0 bridgehead atoms. The van der Waals surface area contributed by atoms with Gasteiger partial charge < -0.3 is 9.64 Å². The largest absolute Gasteiger partial charge is 0.444 e. The van der Waals surface area contributed by atoms with E-state index in [0.717, 1.165) is 38.9 Å². The minimum Gasteiger partial charge on any atom is -0.444 e. The van der Waals surface area contributed by atoms with E-state index in [-0.39, 0.29) is 11.6 Å². The van der Waals surface area contributed by atoms with E-state index in [9.17, 15) is 4.79 Å². The van der Waals surface area contributed by atoms with Gasteiger partial charge in [-0.2, -0.15) is 0 Å². The van der Waals surface area contributed by atoms with Crippen LogP contribution in [0.1, 0.15) is 65.5 Å². The fraction of sp³-hybridized carbons (Fsp3) is 0.682. The smallest absolute Gasteiger partial charge is 0.410 e. The Bertz CT molecular complexity index is 619. The lowest BCUT2D eigenvalue weighted by Crippen LogP contribution is -2.49. The van der Waals surface area contributed by atoms with E-state index in [2.05, 4.69) is 49.1 Å². The first kappa shape index (κ1) is 19.2. The van der Waals surface area contributed by atoms with Gasteiger partial charge in [-0.05, 0) is 71.9 Å². The van der Waals surface area contributed by atoms with Crippen molar-refractivity contribution in [3.8, 4) is 0 Å². The number of rotatable bonds is 5. The highest BCUT2D eigenvalue weighted by molar-refractivity contribution is 5.70. The van der Waals surface area contributed by atoms with Crippen LogP contribution in [0, 0.1) is 5.92 Å². The number of likely N-dealkylation sites (tertiary alicyclic amines) is 1. The number of ether oxygens (including phenoxy) is 1. The summed E-state index contributed by atoms with van der Waals surface area (Å²) in [6.45, 7) is 13.1. The van der Waals surface area contributed by atoms with E-state index in [0.29, 0.717) is 12.0 Å². The van der Waals surface area contributed by atoms with Gasteiger partial charge in [-0.1, -0.05) is 30.3 Å². The van der Waals surface area contributed by atoms with Crippen LogP contribution >= 0.6 is 0 Å². The van der Waals surface area contributed by atoms with Crippen LogP contribution in [-0.2, 0) is 4.74 Å². The zero-order valence-electron chi connectivity index (χ0n) is 17.0. The predicted molar refractivity (Wildman–Crippen MR) is 105 cm³/mol. The van der Waals surface area contributed by atoms with E-state index < -0.39 is 5.60 Å². The number of carbonyl (C=O) groups is 1. The zero-order valence-corrected chi connectivity index (χ0v) is 17.0. The van der Waals surface area contributed by atoms with E-state index >= 15 is 0 Å². The molecule has 2 fully saturated rings. The second-order valence-electron chi connectivity index (χ2n) is 8.90. The maximum atomic E-state index is 12.8. The van der Waals surface area contributed by atoms with Gasteiger partial charge in [-0.3, -0.25) is 4.90 Å². The van der Waals surface area contributed by atoms with Crippen molar-refractivity contribution in [1.82, 2.24) is 9.80 Å². The fourth-order valence-electron chi connectivity index (χ4n) is 4.49. The summed E-state index contributed by atoms with van der Waals surface area (Å²) in [5.74, 6) is 0.543. The average molecular weight is 359 g/mol. The number of carbonyl (C=O) groups excluding carboxylic acids is 1. The van der Waals surface area contributed by atoms with Gasteiger partial charge in [0, 0.05) is 19.1 Å². The maximum Gasteiger partial charge on any atom is 0.410 e. The molecule has 4 heteroatoms. The molecule has 2 unspecified atom stereocenters. The normalized spacial score (nSPS) is 23.5. The van der Waals surface area contributed by atoms with Gasteiger partial charge in [0.15, 0.2) is 0 Å². The average Bonchev–Trinajstić information content (AvgIpc) is 3.21. The highest BCUT2D eigenvalue weighted by Gasteiger charge is 2.57. The van der Waals surface area contributed by atoms with Crippen molar-refractivity contribution in [3.63, 3.8) is 0 Å². The third-order valence-electron chi connectivity index (χ3n) is 6.04. The number of hydrogen-bond donors (Lipinski definition) is 0. The molecule has 2 atom stereocenters. The molecule has 1 aromatic rings. The number of hydrogen-bond acceptors (Lipinski definition) is 3. The van der Waals surface area contributed by atoms with Crippen LogP contribution in [0.25, 0.3) is 0 Å². The highest BCUT2D eigenvalue weighted by Crippen LogP contribution is 2.52. The standard InChI is InChI=1S/C22H34N2O2/c1-6-24(20(25)26-21(3,4)5)22(13-14-22)19-12-15-23(16-19)17(2)18-10-8-7-9-11-18/h7-11,17,19H,6,12-16H2,1-5H3. The quantitative estimate of drug-likeness (QED) is 0.753. The molecule has 1 saturated heterocycles. The molecule has 2 aliphatic rings. The number of nitrogens with zero attached hydrogens (tertiary/aromatic N) is 2. The lowest BCUT2D eigenvalue weighted by atomic mass is 9.94. The van der Waals surface area contributed by atoms with Gasteiger partial charge in [0.2, 0.25) is 0 Å². The topological polar surface area (TPSA) is 32.8 Å². The molecule has 0 N–H and O–H groups in total. The minimum absolute atomic E-state index is 0.0161. The molecule has 1 amide bonds. The van der Waals surface area contributed by atoms with Crippen LogP contribution < -0.4 is 0 Å². The van der Waals surface area contributed by atoms with Crippen molar-refractivity contribution in [2.75, 3.05) is 19.6 Å². The van der Waals surface area contributed by atoms with Gasteiger partial charge in [0.1, 0.15) is 5.60 Å². The Morgan fingerprint density at radius 2 is 1.96 bits per heavy atom. The molecule has 0 radical (unpaired) electrons. The minimum atomic E-state index is -0.440. The van der Waals surface area contributed by atoms with E-state index in [1.807, 2.05) is 25.7 Å². The van der Waals surface area contributed by atoms with Crippen molar-refractivity contribution in [2.45, 2.75) is 71.1 Å². The van der Waals surface area contributed by atoms with Crippen LogP contribution in [-0.4, -0.2) is 46.7 Å². The molecule has 144 valence electrons. The molecule has 1 aromatic carbocycles. The Morgan fingerprint density at radius 1 is 1.31 bits per heavy atom. The van der Waals surface area contributed by atoms with Crippen LogP contribution in [0.4, 0.5) is 4.79 Å². The predicted octanol–water partition coefficient (Wildman–Crippen LogP) is 4.86. The van der Waals surface area contributed by atoms with Gasteiger partial charge in [0.05, 0.1) is 5.54 Å². The first-order valence-corrected chi connectivity index (χ1v) is 10.1. The molecular weight excluding hydrogens is 324 g/mol. The summed E-state index contributed by atoms with van der Waals surface area (Å²) >= 11 is 0. The Labute approximate surface area is 158 Å². The highest BCUT2D eigenvalue weighted by atomic mass is 16.6. The maximum absolute atomic E-state index is 12.8. The van der Waals surface area contributed by atoms with Crippen molar-refractivity contribution in [3.05, 3.63) is 35.9 Å². The number of amides is 1. The summed E-state index contributed by atoms with van der Waals surface area (Å²) in [5, 5.41) is 0. The van der Waals surface area contributed by atoms with E-state index in [1.165, 1.54) is 5.56 Å². The third kappa shape index (κ3) is 3.90. The second kappa shape index (κ2) is 7.22. The summed E-state index contributed by atoms with van der Waals surface area (Å²) in [6, 6.07) is 11.1. The molecule has 0 spiro atoms. The molecule has 1 heterocycles. The van der Waals surface area contributed by atoms with Gasteiger partial charge in [-0.15, -0.1) is 0 Å². The molecule has 1 aliphatic heterocycles. The van der Waals surface area contributed by atoms with Crippen molar-refractivity contribution in [1.29, 1.82) is 0 Å². The second-order valence-corrected chi connectivity index (χ2v) is 8.90. The molecule has 3 rings (SSSR count). The number of benzene rings is 1. The third-order valence-corrected chi connectivity index (χ3v) is 6.04. The van der Waals surface area contributed by atoms with Crippen molar-refractivity contribution in [2.24, 2.45) is 5.92 Å². The van der Waals surface area contributed by atoms with Gasteiger partial charge >= 0.3 is 6.09 Å².